The highest BCUT2D eigenvalue weighted by Gasteiger charge is 2.38. The third kappa shape index (κ3) is 6.75. The number of alkyl halides is 3. The van der Waals surface area contributed by atoms with Crippen LogP contribution < -0.4 is 0 Å². The lowest BCUT2D eigenvalue weighted by Crippen LogP contribution is -2.29. The van der Waals surface area contributed by atoms with Gasteiger partial charge in [-0.05, 0) is 30.7 Å². The van der Waals surface area contributed by atoms with E-state index in [4.69, 9.17) is 14.6 Å². The summed E-state index contributed by atoms with van der Waals surface area (Å²) >= 11 is 0. The quantitative estimate of drug-likeness (QED) is 0.774. The number of carbonyl (C=O) groups is 1. The third-order valence-corrected chi connectivity index (χ3v) is 4.35. The predicted octanol–water partition coefficient (Wildman–Crippen LogP) is 2.96. The first kappa shape index (κ1) is 22.7. The number of nitrogens with zero attached hydrogens (tertiary/aromatic N) is 3. The van der Waals surface area contributed by atoms with Crippen LogP contribution in [0.25, 0.3) is 11.3 Å². The van der Waals surface area contributed by atoms with Gasteiger partial charge in [0.05, 0.1) is 12.3 Å². The normalized spacial score (nSPS) is 14.4. The van der Waals surface area contributed by atoms with Crippen LogP contribution in [0.5, 0.6) is 0 Å². The van der Waals surface area contributed by atoms with E-state index in [0.29, 0.717) is 0 Å². The smallest absolute Gasteiger partial charge is 0.475 e. The van der Waals surface area contributed by atoms with Gasteiger partial charge in [0.2, 0.25) is 0 Å². The molecule has 1 aromatic heterocycles. The van der Waals surface area contributed by atoms with Crippen LogP contribution in [0.15, 0.2) is 30.6 Å². The predicted molar refractivity (Wildman–Crippen MR) is 96.8 cm³/mol. The lowest BCUT2D eigenvalue weighted by atomic mass is 10.0. The van der Waals surface area contributed by atoms with Gasteiger partial charge < -0.3 is 14.7 Å². The van der Waals surface area contributed by atoms with Gasteiger partial charge in [0.25, 0.3) is 0 Å². The summed E-state index contributed by atoms with van der Waals surface area (Å²) in [5.41, 5.74) is 4.17. The number of carboxylic acid groups (broad SMARTS) is 1. The Balaban J connectivity index is 0.000000370. The van der Waals surface area contributed by atoms with E-state index in [1.165, 1.54) is 17.7 Å². The number of methoxy groups -OCH3 is 1. The number of carboxylic acids is 1. The molecule has 0 saturated carbocycles. The molecule has 3 rings (SSSR count). The van der Waals surface area contributed by atoms with Gasteiger partial charge in [-0.15, -0.1) is 0 Å². The number of aromatic nitrogens is 2. The molecular weight excluding hydrogens is 394 g/mol. The minimum atomic E-state index is -5.08. The van der Waals surface area contributed by atoms with E-state index in [0.717, 1.165) is 56.0 Å². The van der Waals surface area contributed by atoms with Gasteiger partial charge >= 0.3 is 12.1 Å². The molecule has 1 aliphatic heterocycles. The number of hydrogen-bond donors (Lipinski definition) is 1. The first-order valence-corrected chi connectivity index (χ1v) is 8.82. The molecule has 0 spiro atoms. The zero-order chi connectivity index (χ0) is 21.4. The van der Waals surface area contributed by atoms with Crippen LogP contribution in [-0.4, -0.2) is 65.5 Å². The number of rotatable bonds is 4. The Kier molecular flexibility index (Phi) is 8.03. The van der Waals surface area contributed by atoms with Crippen LogP contribution in [-0.2, 0) is 22.4 Å². The van der Waals surface area contributed by atoms with Crippen molar-refractivity contribution in [2.75, 3.05) is 33.4 Å². The maximum atomic E-state index is 13.1. The molecule has 0 amide bonds. The van der Waals surface area contributed by atoms with Crippen molar-refractivity contribution in [1.29, 1.82) is 0 Å². The average molecular weight is 415 g/mol. The van der Waals surface area contributed by atoms with E-state index in [2.05, 4.69) is 14.9 Å². The summed E-state index contributed by atoms with van der Waals surface area (Å²) in [5.74, 6) is -2.98. The molecule has 1 aliphatic rings. The number of halogens is 4. The molecule has 10 heteroatoms. The standard InChI is InChI=1S/C17H20FN3O.C2HF3O2/c1-22-11-10-21-8-6-15-16(7-9-21)19-12-20-17(15)13-2-4-14(18)5-3-13;3-2(4,5)1(6)7/h2-5,12H,6-11H2,1H3;(H,6,7). The Morgan fingerprint density at radius 3 is 2.38 bits per heavy atom. The summed E-state index contributed by atoms with van der Waals surface area (Å²) in [6.45, 7) is 3.63. The lowest BCUT2D eigenvalue weighted by molar-refractivity contribution is -0.192. The molecular formula is C19H21F4N3O3. The molecule has 29 heavy (non-hydrogen) atoms. The van der Waals surface area contributed by atoms with Crippen molar-refractivity contribution >= 4 is 5.97 Å². The van der Waals surface area contributed by atoms with Gasteiger partial charge in [-0.3, -0.25) is 0 Å². The van der Waals surface area contributed by atoms with Gasteiger partial charge in [0.1, 0.15) is 12.1 Å². The Labute approximate surface area is 165 Å². The van der Waals surface area contributed by atoms with Crippen LogP contribution in [0.1, 0.15) is 11.3 Å². The second kappa shape index (κ2) is 10.3. The van der Waals surface area contributed by atoms with Crippen LogP contribution in [0, 0.1) is 5.82 Å². The third-order valence-electron chi connectivity index (χ3n) is 4.35. The fourth-order valence-electron chi connectivity index (χ4n) is 2.87. The zero-order valence-corrected chi connectivity index (χ0v) is 15.7. The summed E-state index contributed by atoms with van der Waals surface area (Å²) in [7, 11) is 1.73. The molecule has 0 atom stereocenters. The number of hydrogen-bond acceptors (Lipinski definition) is 5. The number of benzene rings is 1. The minimum absolute atomic E-state index is 0.227. The first-order chi connectivity index (χ1) is 13.7. The largest absolute Gasteiger partial charge is 0.490 e. The minimum Gasteiger partial charge on any atom is -0.475 e. The molecule has 6 nitrogen and oxygen atoms in total. The molecule has 1 N–H and O–H groups in total. The van der Waals surface area contributed by atoms with Crippen LogP contribution >= 0.6 is 0 Å². The first-order valence-electron chi connectivity index (χ1n) is 8.82. The highest BCUT2D eigenvalue weighted by molar-refractivity contribution is 5.73. The molecule has 0 saturated heterocycles. The van der Waals surface area contributed by atoms with Gasteiger partial charge in [0.15, 0.2) is 0 Å². The van der Waals surface area contributed by atoms with Crippen molar-refractivity contribution in [2.24, 2.45) is 0 Å². The fraction of sp³-hybridized carbons (Fsp3) is 0.421. The van der Waals surface area contributed by atoms with Gasteiger partial charge in [-0.2, -0.15) is 13.2 Å². The van der Waals surface area contributed by atoms with Crippen molar-refractivity contribution in [3.05, 3.63) is 47.7 Å². The number of ether oxygens (including phenoxy) is 1. The molecule has 0 fully saturated rings. The molecule has 158 valence electrons. The molecule has 0 aliphatic carbocycles. The van der Waals surface area contributed by atoms with Crippen molar-refractivity contribution in [3.63, 3.8) is 0 Å². The second-order valence-corrected chi connectivity index (χ2v) is 6.29. The van der Waals surface area contributed by atoms with Gasteiger partial charge in [0, 0.05) is 50.0 Å². The van der Waals surface area contributed by atoms with E-state index in [9.17, 15) is 17.6 Å². The molecule has 1 aromatic carbocycles. The molecule has 2 heterocycles. The van der Waals surface area contributed by atoms with E-state index < -0.39 is 12.1 Å². The van der Waals surface area contributed by atoms with E-state index in [1.807, 2.05) is 0 Å². The van der Waals surface area contributed by atoms with Crippen LogP contribution in [0.2, 0.25) is 0 Å². The monoisotopic (exact) mass is 415 g/mol. The van der Waals surface area contributed by atoms with Gasteiger partial charge in [-0.1, -0.05) is 0 Å². The van der Waals surface area contributed by atoms with E-state index in [1.54, 1.807) is 25.6 Å². The summed E-state index contributed by atoms with van der Waals surface area (Å²) < 4.78 is 50.0. The van der Waals surface area contributed by atoms with E-state index in [-0.39, 0.29) is 5.82 Å². The van der Waals surface area contributed by atoms with E-state index >= 15 is 0 Å². The summed E-state index contributed by atoms with van der Waals surface area (Å²) in [6, 6.07) is 6.52. The van der Waals surface area contributed by atoms with Crippen molar-refractivity contribution < 1.29 is 32.2 Å². The molecule has 2 aromatic rings. The SMILES string of the molecule is COCCN1CCc2ncnc(-c3ccc(F)cc3)c2CC1.O=C(O)C(F)(F)F. The zero-order valence-electron chi connectivity index (χ0n) is 15.7. The Hall–Kier alpha value is -2.59. The fourth-order valence-corrected chi connectivity index (χ4v) is 2.87. The van der Waals surface area contributed by atoms with Crippen molar-refractivity contribution in [2.45, 2.75) is 19.0 Å². The summed E-state index contributed by atoms with van der Waals surface area (Å²) in [4.78, 5) is 20.2. The maximum absolute atomic E-state index is 13.1. The second-order valence-electron chi connectivity index (χ2n) is 6.29. The summed E-state index contributed by atoms with van der Waals surface area (Å²) in [6.07, 6.45) is -1.65. The number of aliphatic carboxylic acids is 1. The maximum Gasteiger partial charge on any atom is 0.490 e. The van der Waals surface area contributed by atoms with Crippen LogP contribution in [0.3, 0.4) is 0 Å². The van der Waals surface area contributed by atoms with Gasteiger partial charge in [-0.25, -0.2) is 19.2 Å². The Morgan fingerprint density at radius 2 is 1.79 bits per heavy atom. The Morgan fingerprint density at radius 1 is 1.17 bits per heavy atom. The summed E-state index contributed by atoms with van der Waals surface area (Å²) in [5, 5.41) is 7.12. The highest BCUT2D eigenvalue weighted by Crippen LogP contribution is 2.25. The van der Waals surface area contributed by atoms with Crippen molar-refractivity contribution in [3.8, 4) is 11.3 Å². The molecule has 0 bridgehead atoms. The topological polar surface area (TPSA) is 75.5 Å². The average Bonchev–Trinajstić information content (AvgIpc) is 2.89. The Bertz CT molecular complexity index is 813. The molecule has 0 radical (unpaired) electrons. The van der Waals surface area contributed by atoms with Crippen molar-refractivity contribution in [1.82, 2.24) is 14.9 Å². The number of fused-ring (bicyclic) bond motifs is 1. The lowest BCUT2D eigenvalue weighted by Gasteiger charge is -2.18. The molecule has 0 unspecified atom stereocenters. The van der Waals surface area contributed by atoms with Crippen LogP contribution in [0.4, 0.5) is 17.6 Å². The highest BCUT2D eigenvalue weighted by atomic mass is 19.4.